The molecule has 1 aromatic rings. The SMILES string of the molecule is CC[C@@H](C)N(CC(=O)Nc1cccc(C)c1C)C(=O)[C@@H]1CCOC1. The van der Waals surface area contributed by atoms with Gasteiger partial charge < -0.3 is 15.0 Å². The van der Waals surface area contributed by atoms with E-state index in [0.717, 1.165) is 29.7 Å². The number of nitrogens with zero attached hydrogens (tertiary/aromatic N) is 1. The van der Waals surface area contributed by atoms with E-state index in [0.29, 0.717) is 13.2 Å². The molecule has 0 bridgehead atoms. The third-order valence-corrected chi connectivity index (χ3v) is 4.88. The summed E-state index contributed by atoms with van der Waals surface area (Å²) in [7, 11) is 0. The average molecular weight is 332 g/mol. The number of carbonyl (C=O) groups excluding carboxylic acids is 2. The highest BCUT2D eigenvalue weighted by atomic mass is 16.5. The van der Waals surface area contributed by atoms with E-state index in [9.17, 15) is 9.59 Å². The third-order valence-electron chi connectivity index (χ3n) is 4.88. The van der Waals surface area contributed by atoms with Crippen LogP contribution >= 0.6 is 0 Å². The van der Waals surface area contributed by atoms with E-state index in [-0.39, 0.29) is 30.3 Å². The van der Waals surface area contributed by atoms with Gasteiger partial charge in [0.1, 0.15) is 6.54 Å². The lowest BCUT2D eigenvalue weighted by Crippen LogP contribution is -2.46. The Morgan fingerprint density at radius 2 is 2.12 bits per heavy atom. The molecule has 1 N–H and O–H groups in total. The number of aryl methyl sites for hydroxylation is 1. The van der Waals surface area contributed by atoms with Crippen LogP contribution in [-0.4, -0.2) is 42.5 Å². The Hall–Kier alpha value is -1.88. The van der Waals surface area contributed by atoms with Crippen LogP contribution in [0.15, 0.2) is 18.2 Å². The number of amides is 2. The molecule has 5 nitrogen and oxygen atoms in total. The van der Waals surface area contributed by atoms with Crippen LogP contribution in [0.4, 0.5) is 5.69 Å². The van der Waals surface area contributed by atoms with Crippen LogP contribution in [-0.2, 0) is 14.3 Å². The van der Waals surface area contributed by atoms with Gasteiger partial charge in [-0.05, 0) is 50.8 Å². The number of anilines is 1. The zero-order valence-corrected chi connectivity index (χ0v) is 15.1. The predicted octanol–water partition coefficient (Wildman–Crippen LogP) is 2.91. The number of hydrogen-bond acceptors (Lipinski definition) is 3. The molecule has 132 valence electrons. The van der Waals surface area contributed by atoms with Crippen molar-refractivity contribution in [3.8, 4) is 0 Å². The minimum atomic E-state index is -0.156. The Bertz CT molecular complexity index is 594. The first-order chi connectivity index (χ1) is 11.4. The topological polar surface area (TPSA) is 58.6 Å². The molecule has 0 radical (unpaired) electrons. The average Bonchev–Trinajstić information content (AvgIpc) is 3.10. The lowest BCUT2D eigenvalue weighted by molar-refractivity contribution is -0.140. The van der Waals surface area contributed by atoms with Crippen LogP contribution in [0.3, 0.4) is 0 Å². The fraction of sp³-hybridized carbons (Fsp3) is 0.579. The molecule has 0 spiro atoms. The van der Waals surface area contributed by atoms with Crippen molar-refractivity contribution in [2.45, 2.75) is 46.6 Å². The van der Waals surface area contributed by atoms with Crippen molar-refractivity contribution < 1.29 is 14.3 Å². The Kier molecular flexibility index (Phi) is 6.37. The number of rotatable bonds is 6. The molecule has 1 saturated heterocycles. The van der Waals surface area contributed by atoms with Gasteiger partial charge >= 0.3 is 0 Å². The van der Waals surface area contributed by atoms with E-state index in [1.807, 2.05) is 45.9 Å². The summed E-state index contributed by atoms with van der Waals surface area (Å²) >= 11 is 0. The van der Waals surface area contributed by atoms with Gasteiger partial charge in [-0.25, -0.2) is 0 Å². The molecule has 5 heteroatoms. The van der Waals surface area contributed by atoms with E-state index < -0.39 is 0 Å². The summed E-state index contributed by atoms with van der Waals surface area (Å²) in [6, 6.07) is 5.86. The van der Waals surface area contributed by atoms with Gasteiger partial charge in [-0.15, -0.1) is 0 Å². The van der Waals surface area contributed by atoms with Crippen LogP contribution in [0, 0.1) is 19.8 Å². The second-order valence-electron chi connectivity index (χ2n) is 6.58. The summed E-state index contributed by atoms with van der Waals surface area (Å²) in [5.41, 5.74) is 2.99. The number of hydrogen-bond donors (Lipinski definition) is 1. The van der Waals surface area contributed by atoms with Crippen LogP contribution in [0.25, 0.3) is 0 Å². The fourth-order valence-electron chi connectivity index (χ4n) is 2.87. The van der Waals surface area contributed by atoms with Crippen LogP contribution in [0.1, 0.15) is 37.8 Å². The molecule has 24 heavy (non-hydrogen) atoms. The zero-order valence-electron chi connectivity index (χ0n) is 15.1. The fourth-order valence-corrected chi connectivity index (χ4v) is 2.87. The molecule has 0 aliphatic carbocycles. The van der Waals surface area contributed by atoms with Gasteiger partial charge in [0.15, 0.2) is 0 Å². The first kappa shape index (κ1) is 18.5. The summed E-state index contributed by atoms with van der Waals surface area (Å²) in [5.74, 6) is -0.248. The number of ether oxygens (including phenoxy) is 1. The van der Waals surface area contributed by atoms with Gasteiger partial charge in [0.05, 0.1) is 12.5 Å². The molecule has 1 fully saturated rings. The molecule has 1 aromatic carbocycles. The number of benzene rings is 1. The highest BCUT2D eigenvalue weighted by Crippen LogP contribution is 2.20. The standard InChI is InChI=1S/C19H28N2O3/c1-5-14(3)21(19(23)16-9-10-24-12-16)11-18(22)20-17-8-6-7-13(2)15(17)4/h6-8,14,16H,5,9-12H2,1-4H3,(H,20,22)/t14-,16-/m1/s1. The summed E-state index contributed by atoms with van der Waals surface area (Å²) in [6.07, 6.45) is 1.56. The van der Waals surface area contributed by atoms with Crippen molar-refractivity contribution in [1.29, 1.82) is 0 Å². The van der Waals surface area contributed by atoms with Crippen molar-refractivity contribution in [2.24, 2.45) is 5.92 Å². The first-order valence-corrected chi connectivity index (χ1v) is 8.68. The largest absolute Gasteiger partial charge is 0.381 e. The minimum Gasteiger partial charge on any atom is -0.381 e. The van der Waals surface area contributed by atoms with Gasteiger partial charge in [0, 0.05) is 18.3 Å². The summed E-state index contributed by atoms with van der Waals surface area (Å²) < 4.78 is 5.32. The minimum absolute atomic E-state index is 0.0259. The molecular formula is C19H28N2O3. The van der Waals surface area contributed by atoms with Crippen molar-refractivity contribution in [3.05, 3.63) is 29.3 Å². The predicted molar refractivity (Wildman–Crippen MR) is 94.9 cm³/mol. The second-order valence-corrected chi connectivity index (χ2v) is 6.58. The highest BCUT2D eigenvalue weighted by Gasteiger charge is 2.31. The van der Waals surface area contributed by atoms with E-state index in [1.54, 1.807) is 4.90 Å². The van der Waals surface area contributed by atoms with Crippen molar-refractivity contribution in [1.82, 2.24) is 4.90 Å². The Balaban J connectivity index is 2.06. The van der Waals surface area contributed by atoms with E-state index >= 15 is 0 Å². The quantitative estimate of drug-likeness (QED) is 0.871. The van der Waals surface area contributed by atoms with Crippen molar-refractivity contribution in [3.63, 3.8) is 0 Å². The molecular weight excluding hydrogens is 304 g/mol. The molecule has 0 unspecified atom stereocenters. The highest BCUT2D eigenvalue weighted by molar-refractivity contribution is 5.95. The van der Waals surface area contributed by atoms with Gasteiger partial charge in [-0.3, -0.25) is 9.59 Å². The van der Waals surface area contributed by atoms with Crippen LogP contribution < -0.4 is 5.32 Å². The first-order valence-electron chi connectivity index (χ1n) is 8.68. The summed E-state index contributed by atoms with van der Waals surface area (Å²) in [5, 5.41) is 2.94. The van der Waals surface area contributed by atoms with Crippen molar-refractivity contribution in [2.75, 3.05) is 25.1 Å². The zero-order chi connectivity index (χ0) is 17.7. The maximum atomic E-state index is 12.7. The molecule has 0 aromatic heterocycles. The van der Waals surface area contributed by atoms with Gasteiger partial charge in [0.25, 0.3) is 0 Å². The number of nitrogens with one attached hydrogen (secondary N) is 1. The Morgan fingerprint density at radius 3 is 2.75 bits per heavy atom. The summed E-state index contributed by atoms with van der Waals surface area (Å²) in [4.78, 5) is 26.9. The van der Waals surface area contributed by atoms with Gasteiger partial charge in [-0.2, -0.15) is 0 Å². The molecule has 2 rings (SSSR count). The lowest BCUT2D eigenvalue weighted by atomic mass is 10.1. The third kappa shape index (κ3) is 4.35. The summed E-state index contributed by atoms with van der Waals surface area (Å²) in [6.45, 7) is 9.18. The van der Waals surface area contributed by atoms with Gasteiger partial charge in [-0.1, -0.05) is 19.1 Å². The monoisotopic (exact) mass is 332 g/mol. The van der Waals surface area contributed by atoms with Gasteiger partial charge in [0.2, 0.25) is 11.8 Å². The van der Waals surface area contributed by atoms with Crippen molar-refractivity contribution >= 4 is 17.5 Å². The number of carbonyl (C=O) groups is 2. The second kappa shape index (κ2) is 8.29. The molecule has 2 atom stereocenters. The van der Waals surface area contributed by atoms with Crippen LogP contribution in [0.2, 0.25) is 0 Å². The van der Waals surface area contributed by atoms with E-state index in [4.69, 9.17) is 4.74 Å². The molecule has 1 heterocycles. The van der Waals surface area contributed by atoms with E-state index in [2.05, 4.69) is 5.32 Å². The maximum Gasteiger partial charge on any atom is 0.244 e. The normalized spacial score (nSPS) is 18.2. The molecule has 2 amide bonds. The molecule has 1 aliphatic heterocycles. The van der Waals surface area contributed by atoms with Crippen LogP contribution in [0.5, 0.6) is 0 Å². The smallest absolute Gasteiger partial charge is 0.244 e. The Morgan fingerprint density at radius 1 is 1.38 bits per heavy atom. The molecule has 0 saturated carbocycles. The Labute approximate surface area is 144 Å². The van der Waals surface area contributed by atoms with E-state index in [1.165, 1.54) is 0 Å². The lowest BCUT2D eigenvalue weighted by Gasteiger charge is -2.30. The molecule has 1 aliphatic rings. The maximum absolute atomic E-state index is 12.7.